The fourth-order valence-corrected chi connectivity index (χ4v) is 4.09. The number of carbonyl (C=O) groups is 3. The number of urea groups is 1. The molecule has 2 aliphatic rings. The van der Waals surface area contributed by atoms with Crippen LogP contribution < -0.4 is 4.90 Å². The average Bonchev–Trinajstić information content (AvgIpc) is 3.21. The smallest absolute Gasteiger partial charge is 0.332 e. The molecular formula is C18H17N3O3S. The summed E-state index contributed by atoms with van der Waals surface area (Å²) in [6, 6.07) is 10.6. The van der Waals surface area contributed by atoms with Gasteiger partial charge in [0.1, 0.15) is 13.1 Å². The van der Waals surface area contributed by atoms with E-state index in [0.717, 1.165) is 16.9 Å². The number of imide groups is 1. The third kappa shape index (κ3) is 2.91. The number of hydrogen-bond acceptors (Lipinski definition) is 4. The minimum absolute atomic E-state index is 0.0230. The molecule has 2 aromatic rings. The van der Waals surface area contributed by atoms with Crippen LogP contribution in [0, 0.1) is 0 Å². The van der Waals surface area contributed by atoms with E-state index in [1.54, 1.807) is 28.4 Å². The molecule has 0 bridgehead atoms. The molecule has 1 aromatic carbocycles. The molecule has 4 rings (SSSR count). The average molecular weight is 355 g/mol. The van der Waals surface area contributed by atoms with Crippen LogP contribution in [0.4, 0.5) is 10.5 Å². The highest BCUT2D eigenvalue weighted by atomic mass is 32.1. The van der Waals surface area contributed by atoms with Crippen LogP contribution in [0.25, 0.3) is 0 Å². The zero-order chi connectivity index (χ0) is 17.4. The van der Waals surface area contributed by atoms with Gasteiger partial charge < -0.3 is 4.90 Å². The largest absolute Gasteiger partial charge is 0.336 e. The number of fused-ring (bicyclic) bond motifs is 1. The number of amides is 4. The van der Waals surface area contributed by atoms with E-state index in [1.807, 2.05) is 29.6 Å². The maximum Gasteiger partial charge on any atom is 0.332 e. The molecule has 2 aliphatic heterocycles. The highest BCUT2D eigenvalue weighted by Gasteiger charge is 2.38. The molecule has 0 saturated carbocycles. The van der Waals surface area contributed by atoms with Crippen molar-refractivity contribution in [1.29, 1.82) is 0 Å². The maximum absolute atomic E-state index is 12.6. The van der Waals surface area contributed by atoms with Gasteiger partial charge in [0.05, 0.1) is 0 Å². The van der Waals surface area contributed by atoms with E-state index < -0.39 is 6.03 Å². The first-order valence-electron chi connectivity index (χ1n) is 8.13. The van der Waals surface area contributed by atoms with Crippen LogP contribution in [0.15, 0.2) is 41.8 Å². The van der Waals surface area contributed by atoms with E-state index in [0.29, 0.717) is 18.8 Å². The van der Waals surface area contributed by atoms with Crippen LogP contribution in [-0.4, -0.2) is 47.3 Å². The Morgan fingerprint density at radius 3 is 2.68 bits per heavy atom. The van der Waals surface area contributed by atoms with Gasteiger partial charge in [-0.15, -0.1) is 11.3 Å². The van der Waals surface area contributed by atoms with Crippen molar-refractivity contribution in [3.05, 3.63) is 52.2 Å². The molecule has 1 aromatic heterocycles. The standard InChI is InChI=1S/C18H17N3O3S/c22-16(19-8-6-15-13(10-19)7-9-25-15)11-21-17(23)12-20(18(21)24)14-4-2-1-3-5-14/h1-5,7,9H,6,8,10-12H2. The molecule has 6 nitrogen and oxygen atoms in total. The molecule has 1 fully saturated rings. The quantitative estimate of drug-likeness (QED) is 0.792. The summed E-state index contributed by atoms with van der Waals surface area (Å²) in [6.07, 6.45) is 0.830. The first-order valence-corrected chi connectivity index (χ1v) is 9.01. The fraction of sp³-hybridized carbons (Fsp3) is 0.278. The molecule has 0 atom stereocenters. The molecule has 0 unspecified atom stereocenters. The third-order valence-corrected chi connectivity index (χ3v) is 5.60. The van der Waals surface area contributed by atoms with Crippen molar-refractivity contribution in [2.75, 3.05) is 24.5 Å². The second-order valence-corrected chi connectivity index (χ2v) is 7.12. The van der Waals surface area contributed by atoms with Gasteiger partial charge in [0, 0.05) is 23.7 Å². The number of hydrogen-bond donors (Lipinski definition) is 0. The summed E-state index contributed by atoms with van der Waals surface area (Å²) in [4.78, 5) is 42.9. The molecule has 3 heterocycles. The summed E-state index contributed by atoms with van der Waals surface area (Å²) < 4.78 is 0. The predicted octanol–water partition coefficient (Wildman–Crippen LogP) is 2.10. The molecule has 25 heavy (non-hydrogen) atoms. The highest BCUT2D eigenvalue weighted by molar-refractivity contribution is 7.10. The Labute approximate surface area is 149 Å². The lowest BCUT2D eigenvalue weighted by molar-refractivity contribution is -0.137. The van der Waals surface area contributed by atoms with Crippen LogP contribution in [0.1, 0.15) is 10.4 Å². The summed E-state index contributed by atoms with van der Waals surface area (Å²) in [6.45, 7) is 0.965. The van der Waals surface area contributed by atoms with E-state index in [-0.39, 0.29) is 24.9 Å². The minimum Gasteiger partial charge on any atom is -0.336 e. The van der Waals surface area contributed by atoms with E-state index in [9.17, 15) is 14.4 Å². The highest BCUT2D eigenvalue weighted by Crippen LogP contribution is 2.25. The lowest BCUT2D eigenvalue weighted by atomic mass is 10.1. The lowest BCUT2D eigenvalue weighted by Crippen LogP contribution is -2.44. The van der Waals surface area contributed by atoms with Gasteiger partial charge >= 0.3 is 6.03 Å². The van der Waals surface area contributed by atoms with Crippen LogP contribution in [0.2, 0.25) is 0 Å². The predicted molar refractivity (Wildman–Crippen MR) is 94.3 cm³/mol. The van der Waals surface area contributed by atoms with Crippen LogP contribution in [0.5, 0.6) is 0 Å². The Hall–Kier alpha value is -2.67. The van der Waals surface area contributed by atoms with Crippen LogP contribution >= 0.6 is 11.3 Å². The summed E-state index contributed by atoms with van der Waals surface area (Å²) in [5, 5.41) is 2.03. The molecule has 0 spiro atoms. The number of anilines is 1. The molecule has 0 radical (unpaired) electrons. The molecular weight excluding hydrogens is 338 g/mol. The molecule has 128 valence electrons. The Kier molecular flexibility index (Phi) is 4.01. The minimum atomic E-state index is -0.433. The Bertz CT molecular complexity index is 833. The first-order chi connectivity index (χ1) is 12.1. The molecule has 4 amide bonds. The van der Waals surface area contributed by atoms with E-state index in [2.05, 4.69) is 0 Å². The number of carbonyl (C=O) groups excluding carboxylic acids is 3. The van der Waals surface area contributed by atoms with Crippen molar-refractivity contribution >= 4 is 34.9 Å². The lowest BCUT2D eigenvalue weighted by Gasteiger charge is -2.28. The number of benzene rings is 1. The summed E-state index contributed by atoms with van der Waals surface area (Å²) in [7, 11) is 0. The molecule has 0 N–H and O–H groups in total. The number of nitrogens with zero attached hydrogens (tertiary/aromatic N) is 3. The Morgan fingerprint density at radius 2 is 1.88 bits per heavy atom. The molecule has 0 aliphatic carbocycles. The van der Waals surface area contributed by atoms with Gasteiger partial charge in [-0.25, -0.2) is 4.79 Å². The van der Waals surface area contributed by atoms with Crippen molar-refractivity contribution in [2.24, 2.45) is 0 Å². The number of para-hydroxylation sites is 1. The SMILES string of the molecule is O=C(CN1C(=O)CN(c2ccccc2)C1=O)N1CCc2sccc2C1. The Morgan fingerprint density at radius 1 is 1.08 bits per heavy atom. The van der Waals surface area contributed by atoms with Gasteiger partial charge in [0.15, 0.2) is 0 Å². The number of thiophene rings is 1. The van der Waals surface area contributed by atoms with Gasteiger partial charge in [-0.05, 0) is 35.6 Å². The third-order valence-electron chi connectivity index (χ3n) is 4.58. The zero-order valence-corrected chi connectivity index (χ0v) is 14.4. The van der Waals surface area contributed by atoms with Gasteiger partial charge in [-0.1, -0.05) is 18.2 Å². The normalized spacial score (nSPS) is 17.2. The van der Waals surface area contributed by atoms with Crippen molar-refractivity contribution in [3.63, 3.8) is 0 Å². The van der Waals surface area contributed by atoms with Gasteiger partial charge in [0.2, 0.25) is 5.91 Å². The van der Waals surface area contributed by atoms with E-state index in [1.165, 1.54) is 9.78 Å². The molecule has 1 saturated heterocycles. The summed E-state index contributed by atoms with van der Waals surface area (Å²) >= 11 is 1.71. The van der Waals surface area contributed by atoms with E-state index in [4.69, 9.17) is 0 Å². The van der Waals surface area contributed by atoms with Crippen molar-refractivity contribution < 1.29 is 14.4 Å². The van der Waals surface area contributed by atoms with Crippen molar-refractivity contribution in [2.45, 2.75) is 13.0 Å². The monoisotopic (exact) mass is 355 g/mol. The van der Waals surface area contributed by atoms with Gasteiger partial charge in [0.25, 0.3) is 5.91 Å². The summed E-state index contributed by atoms with van der Waals surface area (Å²) in [5.41, 5.74) is 1.83. The zero-order valence-electron chi connectivity index (χ0n) is 13.6. The molecule has 7 heteroatoms. The second-order valence-electron chi connectivity index (χ2n) is 6.12. The second kappa shape index (κ2) is 6.33. The van der Waals surface area contributed by atoms with Crippen LogP contribution in [-0.2, 0) is 22.6 Å². The first kappa shape index (κ1) is 15.8. The maximum atomic E-state index is 12.6. The number of rotatable bonds is 3. The van der Waals surface area contributed by atoms with E-state index >= 15 is 0 Å². The summed E-state index contributed by atoms with van der Waals surface area (Å²) in [5.74, 6) is -0.524. The van der Waals surface area contributed by atoms with Gasteiger partial charge in [-0.2, -0.15) is 0 Å². The van der Waals surface area contributed by atoms with Gasteiger partial charge in [-0.3, -0.25) is 19.4 Å². The topological polar surface area (TPSA) is 60.9 Å². The van der Waals surface area contributed by atoms with Crippen LogP contribution in [0.3, 0.4) is 0 Å². The van der Waals surface area contributed by atoms with Crippen molar-refractivity contribution in [3.8, 4) is 0 Å². The fourth-order valence-electron chi connectivity index (χ4n) is 3.20. The van der Waals surface area contributed by atoms with Crippen molar-refractivity contribution in [1.82, 2.24) is 9.80 Å². The Balaban J connectivity index is 1.45.